The number of carbonyl (C=O) groups is 1. The number of aromatic nitrogens is 1. The summed E-state index contributed by atoms with van der Waals surface area (Å²) in [5.41, 5.74) is 1.67. The third-order valence-electron chi connectivity index (χ3n) is 5.35. The van der Waals surface area contributed by atoms with E-state index in [0.29, 0.717) is 11.1 Å². The summed E-state index contributed by atoms with van der Waals surface area (Å²) >= 11 is 6.30. The zero-order chi connectivity index (χ0) is 16.0. The fraction of sp³-hybridized carbons (Fsp3) is 0.500. The number of halogens is 1. The molecule has 4 nitrogen and oxygen atoms in total. The number of piperazine rings is 1. The first-order valence-corrected chi connectivity index (χ1v) is 8.80. The van der Waals surface area contributed by atoms with Crippen molar-refractivity contribution in [3.05, 3.63) is 35.0 Å². The molecule has 1 amide bonds. The molecule has 2 aliphatic rings. The number of fused-ring (bicyclic) bond motifs is 2. The number of aryl methyl sites for hydroxylation is 1. The van der Waals surface area contributed by atoms with Crippen molar-refractivity contribution >= 4 is 28.4 Å². The molecule has 1 atom stereocenters. The Bertz CT molecular complexity index is 754. The smallest absolute Gasteiger partial charge is 0.270 e. The molecule has 0 saturated carbocycles. The molecule has 0 aliphatic carbocycles. The summed E-state index contributed by atoms with van der Waals surface area (Å²) in [7, 11) is 1.93. The molecule has 4 rings (SSSR count). The fourth-order valence-electron chi connectivity index (χ4n) is 4.07. The number of piperidine rings is 1. The van der Waals surface area contributed by atoms with Crippen molar-refractivity contribution in [2.24, 2.45) is 7.05 Å². The van der Waals surface area contributed by atoms with Crippen LogP contribution in [0.15, 0.2) is 24.3 Å². The van der Waals surface area contributed by atoms with Crippen LogP contribution in [-0.2, 0) is 7.05 Å². The number of hydrogen-bond donors (Lipinski definition) is 0. The van der Waals surface area contributed by atoms with Crippen LogP contribution in [0.5, 0.6) is 0 Å². The van der Waals surface area contributed by atoms with Crippen LogP contribution < -0.4 is 0 Å². The minimum Gasteiger partial charge on any atom is -0.338 e. The van der Waals surface area contributed by atoms with E-state index in [4.69, 9.17) is 11.6 Å². The quantitative estimate of drug-likeness (QED) is 0.803. The highest BCUT2D eigenvalue weighted by molar-refractivity contribution is 6.35. The second-order valence-electron chi connectivity index (χ2n) is 6.70. The molecule has 0 spiro atoms. The Morgan fingerprint density at radius 2 is 2.09 bits per heavy atom. The molecular formula is C18H22ClN3O. The monoisotopic (exact) mass is 331 g/mol. The molecule has 2 saturated heterocycles. The third-order valence-corrected chi connectivity index (χ3v) is 5.66. The van der Waals surface area contributed by atoms with Crippen LogP contribution >= 0.6 is 11.6 Å². The lowest BCUT2D eigenvalue weighted by molar-refractivity contribution is 0.0366. The number of para-hydroxylation sites is 1. The first kappa shape index (κ1) is 15.0. The highest BCUT2D eigenvalue weighted by Gasteiger charge is 2.32. The molecule has 0 unspecified atom stereocenters. The normalized spacial score (nSPS) is 22.3. The van der Waals surface area contributed by atoms with Crippen molar-refractivity contribution in [2.75, 3.05) is 26.2 Å². The average molecular weight is 332 g/mol. The number of amides is 1. The van der Waals surface area contributed by atoms with Gasteiger partial charge in [0.25, 0.3) is 5.91 Å². The van der Waals surface area contributed by atoms with Gasteiger partial charge in [-0.25, -0.2) is 0 Å². The molecule has 0 bridgehead atoms. The Balaban J connectivity index is 1.62. The van der Waals surface area contributed by atoms with Crippen LogP contribution in [0, 0.1) is 0 Å². The number of nitrogens with zero attached hydrogens (tertiary/aromatic N) is 3. The van der Waals surface area contributed by atoms with Gasteiger partial charge in [-0.3, -0.25) is 9.69 Å². The van der Waals surface area contributed by atoms with Crippen molar-refractivity contribution in [3.8, 4) is 0 Å². The maximum atomic E-state index is 13.0. The van der Waals surface area contributed by atoms with Crippen molar-refractivity contribution in [3.63, 3.8) is 0 Å². The van der Waals surface area contributed by atoms with E-state index in [1.54, 1.807) is 0 Å². The van der Waals surface area contributed by atoms with Gasteiger partial charge in [0.2, 0.25) is 0 Å². The number of rotatable bonds is 1. The second kappa shape index (κ2) is 5.84. The third kappa shape index (κ3) is 2.54. The molecule has 2 fully saturated rings. The largest absolute Gasteiger partial charge is 0.338 e. The summed E-state index contributed by atoms with van der Waals surface area (Å²) in [4.78, 5) is 17.6. The van der Waals surface area contributed by atoms with Gasteiger partial charge in [0.1, 0.15) is 5.69 Å². The molecule has 0 N–H and O–H groups in total. The van der Waals surface area contributed by atoms with E-state index < -0.39 is 0 Å². The van der Waals surface area contributed by atoms with Crippen molar-refractivity contribution in [2.45, 2.75) is 25.3 Å². The van der Waals surface area contributed by atoms with Crippen molar-refractivity contribution in [1.82, 2.24) is 14.4 Å². The summed E-state index contributed by atoms with van der Waals surface area (Å²) < 4.78 is 1.94. The molecule has 0 radical (unpaired) electrons. The first-order valence-electron chi connectivity index (χ1n) is 8.42. The minimum atomic E-state index is 0.130. The van der Waals surface area contributed by atoms with Crippen molar-refractivity contribution < 1.29 is 4.79 Å². The summed E-state index contributed by atoms with van der Waals surface area (Å²) in [6.45, 7) is 3.87. The highest BCUT2D eigenvalue weighted by atomic mass is 35.5. The minimum absolute atomic E-state index is 0.130. The predicted molar refractivity (Wildman–Crippen MR) is 93.0 cm³/mol. The molecule has 2 aromatic rings. The molecule has 5 heteroatoms. The van der Waals surface area contributed by atoms with Gasteiger partial charge in [-0.05, 0) is 31.5 Å². The summed E-state index contributed by atoms with van der Waals surface area (Å²) in [6.07, 6.45) is 3.80. The van der Waals surface area contributed by atoms with Crippen LogP contribution in [0.2, 0.25) is 5.02 Å². The van der Waals surface area contributed by atoms with Gasteiger partial charge >= 0.3 is 0 Å². The van der Waals surface area contributed by atoms with E-state index in [1.165, 1.54) is 25.8 Å². The average Bonchev–Trinajstić information content (AvgIpc) is 2.92. The lowest BCUT2D eigenvalue weighted by atomic mass is 9.99. The van der Waals surface area contributed by atoms with Gasteiger partial charge in [0, 0.05) is 38.1 Å². The maximum Gasteiger partial charge on any atom is 0.270 e. The number of benzene rings is 1. The standard InChI is InChI=1S/C18H22ClN3O/c1-20-16(11-13-5-4-7-15(19)17(13)20)18(23)22-10-9-21-8-3-2-6-14(21)12-22/h4-5,7,11,14H,2-3,6,8-10,12H2,1H3/t14-/m1/s1. The predicted octanol–water partition coefficient (Wildman–Crippen LogP) is 3.14. The Morgan fingerprint density at radius 1 is 1.22 bits per heavy atom. The molecule has 23 heavy (non-hydrogen) atoms. The summed E-state index contributed by atoms with van der Waals surface area (Å²) in [5.74, 6) is 0.130. The first-order chi connectivity index (χ1) is 11.1. The topological polar surface area (TPSA) is 28.5 Å². The fourth-order valence-corrected chi connectivity index (χ4v) is 4.38. The molecular weight excluding hydrogens is 310 g/mol. The maximum absolute atomic E-state index is 13.0. The van der Waals surface area contributed by atoms with E-state index in [0.717, 1.165) is 36.2 Å². The highest BCUT2D eigenvalue weighted by Crippen LogP contribution is 2.28. The number of carbonyl (C=O) groups excluding carboxylic acids is 1. The van der Waals surface area contributed by atoms with E-state index in [-0.39, 0.29) is 5.91 Å². The van der Waals surface area contributed by atoms with E-state index >= 15 is 0 Å². The van der Waals surface area contributed by atoms with Gasteiger partial charge in [-0.1, -0.05) is 30.2 Å². The van der Waals surface area contributed by atoms with Gasteiger partial charge in [0.15, 0.2) is 0 Å². The summed E-state index contributed by atoms with van der Waals surface area (Å²) in [6, 6.07) is 8.33. The molecule has 1 aromatic carbocycles. The van der Waals surface area contributed by atoms with E-state index in [9.17, 15) is 4.79 Å². The van der Waals surface area contributed by atoms with Crippen LogP contribution in [0.3, 0.4) is 0 Å². The zero-order valence-electron chi connectivity index (χ0n) is 13.5. The number of hydrogen-bond acceptors (Lipinski definition) is 2. The SMILES string of the molecule is Cn1c(C(=O)N2CCN3CCCC[C@@H]3C2)cc2cccc(Cl)c21. The second-order valence-corrected chi connectivity index (χ2v) is 7.11. The zero-order valence-corrected chi connectivity index (χ0v) is 14.2. The van der Waals surface area contributed by atoms with Gasteiger partial charge in [-0.2, -0.15) is 0 Å². The lowest BCUT2D eigenvalue weighted by Gasteiger charge is -2.44. The van der Waals surface area contributed by atoms with Gasteiger partial charge in [0.05, 0.1) is 10.5 Å². The summed E-state index contributed by atoms with van der Waals surface area (Å²) in [5, 5.41) is 1.72. The van der Waals surface area contributed by atoms with Crippen LogP contribution in [0.25, 0.3) is 10.9 Å². The van der Waals surface area contributed by atoms with Gasteiger partial charge in [-0.15, -0.1) is 0 Å². The Labute approximate surface area is 141 Å². The molecule has 1 aromatic heterocycles. The molecule has 3 heterocycles. The Morgan fingerprint density at radius 3 is 2.91 bits per heavy atom. The Kier molecular flexibility index (Phi) is 3.82. The van der Waals surface area contributed by atoms with Gasteiger partial charge < -0.3 is 9.47 Å². The van der Waals surface area contributed by atoms with Crippen molar-refractivity contribution in [1.29, 1.82) is 0 Å². The molecule has 122 valence electrons. The van der Waals surface area contributed by atoms with Crippen LogP contribution in [-0.4, -0.2) is 52.5 Å². The van der Waals surface area contributed by atoms with Crippen LogP contribution in [0.4, 0.5) is 0 Å². The van der Waals surface area contributed by atoms with Crippen LogP contribution in [0.1, 0.15) is 29.8 Å². The molecule has 2 aliphatic heterocycles. The van der Waals surface area contributed by atoms with E-state index in [2.05, 4.69) is 4.90 Å². The lowest BCUT2D eigenvalue weighted by Crippen LogP contribution is -2.56. The van der Waals surface area contributed by atoms with E-state index in [1.807, 2.05) is 40.8 Å². The Hall–Kier alpha value is -1.52.